The lowest BCUT2D eigenvalue weighted by atomic mass is 9.92. The lowest BCUT2D eigenvalue weighted by molar-refractivity contribution is -0.136. The molecule has 1 aliphatic heterocycles. The number of carbonyl (C=O) groups is 3. The lowest BCUT2D eigenvalue weighted by Gasteiger charge is -2.31. The second-order valence-electron chi connectivity index (χ2n) is 4.82. The summed E-state index contributed by atoms with van der Waals surface area (Å²) >= 11 is 0. The first-order valence-electron chi connectivity index (χ1n) is 5.96. The molecule has 7 heteroatoms. The molecule has 0 bridgehead atoms. The number of urea groups is 1. The maximum Gasteiger partial charge on any atom is 0.335 e. The standard InChI is InChI=1S/C13H12F2N2O3/c1-6(2)10-11(18)16-13(20)17(12(10)19)9-4-7(14)3-8(15)5-9/h3-6,10H,1-2H3,(H,16,18,20). The van der Waals surface area contributed by atoms with Gasteiger partial charge in [0.1, 0.15) is 17.6 Å². The molecule has 0 aromatic heterocycles. The van der Waals surface area contributed by atoms with Crippen LogP contribution in [0.1, 0.15) is 13.8 Å². The molecule has 106 valence electrons. The smallest absolute Gasteiger partial charge is 0.277 e. The molecule has 1 fully saturated rings. The van der Waals surface area contributed by atoms with Crippen LogP contribution in [0, 0.1) is 23.5 Å². The molecular formula is C13H12F2N2O3. The van der Waals surface area contributed by atoms with Crippen LogP contribution in [-0.4, -0.2) is 17.8 Å². The van der Waals surface area contributed by atoms with Gasteiger partial charge in [-0.1, -0.05) is 13.8 Å². The van der Waals surface area contributed by atoms with Gasteiger partial charge in [0.25, 0.3) is 0 Å². The van der Waals surface area contributed by atoms with Crippen molar-refractivity contribution in [2.45, 2.75) is 13.8 Å². The fourth-order valence-electron chi connectivity index (χ4n) is 2.09. The molecule has 2 rings (SSSR count). The highest BCUT2D eigenvalue weighted by Gasteiger charge is 2.42. The van der Waals surface area contributed by atoms with Crippen molar-refractivity contribution in [3.8, 4) is 0 Å². The van der Waals surface area contributed by atoms with Gasteiger partial charge in [-0.05, 0) is 18.1 Å². The van der Waals surface area contributed by atoms with Crippen LogP contribution in [0.15, 0.2) is 18.2 Å². The van der Waals surface area contributed by atoms with E-state index in [-0.39, 0.29) is 11.6 Å². The third-order valence-corrected chi connectivity index (χ3v) is 2.97. The van der Waals surface area contributed by atoms with E-state index in [0.29, 0.717) is 11.0 Å². The number of nitrogens with zero attached hydrogens (tertiary/aromatic N) is 1. The van der Waals surface area contributed by atoms with Gasteiger partial charge >= 0.3 is 6.03 Å². The Morgan fingerprint density at radius 2 is 1.65 bits per heavy atom. The molecule has 1 saturated heterocycles. The number of hydrogen-bond acceptors (Lipinski definition) is 3. The van der Waals surface area contributed by atoms with Gasteiger partial charge in [0, 0.05) is 6.07 Å². The van der Waals surface area contributed by atoms with E-state index in [0.717, 1.165) is 12.1 Å². The molecule has 20 heavy (non-hydrogen) atoms. The largest absolute Gasteiger partial charge is 0.335 e. The fraction of sp³-hybridized carbons (Fsp3) is 0.308. The Bertz CT molecular complexity index is 581. The van der Waals surface area contributed by atoms with Crippen molar-refractivity contribution in [2.24, 2.45) is 11.8 Å². The average Bonchev–Trinajstić information content (AvgIpc) is 2.25. The van der Waals surface area contributed by atoms with Crippen LogP contribution in [0.25, 0.3) is 0 Å². The van der Waals surface area contributed by atoms with Crippen LogP contribution < -0.4 is 10.2 Å². The maximum atomic E-state index is 13.2. The van der Waals surface area contributed by atoms with Gasteiger partial charge < -0.3 is 0 Å². The number of amides is 4. The molecule has 1 aromatic carbocycles. The van der Waals surface area contributed by atoms with E-state index in [4.69, 9.17) is 0 Å². The summed E-state index contributed by atoms with van der Waals surface area (Å²) < 4.78 is 26.4. The Morgan fingerprint density at radius 1 is 1.10 bits per heavy atom. The number of anilines is 1. The van der Waals surface area contributed by atoms with Gasteiger partial charge in [-0.25, -0.2) is 18.5 Å². The van der Waals surface area contributed by atoms with E-state index < -0.39 is 35.4 Å². The molecule has 1 heterocycles. The summed E-state index contributed by atoms with van der Waals surface area (Å²) in [6, 6.07) is 1.32. The molecule has 0 saturated carbocycles. The van der Waals surface area contributed by atoms with Gasteiger partial charge in [-0.2, -0.15) is 0 Å². The maximum absolute atomic E-state index is 13.2. The van der Waals surface area contributed by atoms with E-state index in [2.05, 4.69) is 0 Å². The number of rotatable bonds is 2. The molecule has 4 amide bonds. The average molecular weight is 282 g/mol. The minimum Gasteiger partial charge on any atom is -0.277 e. The van der Waals surface area contributed by atoms with Gasteiger partial charge in [0.2, 0.25) is 11.8 Å². The first kappa shape index (κ1) is 14.1. The molecule has 0 radical (unpaired) electrons. The zero-order chi connectivity index (χ0) is 15.0. The number of benzene rings is 1. The van der Waals surface area contributed by atoms with E-state index in [9.17, 15) is 23.2 Å². The van der Waals surface area contributed by atoms with Crippen LogP contribution in [-0.2, 0) is 9.59 Å². The second kappa shape index (κ2) is 4.99. The van der Waals surface area contributed by atoms with E-state index in [1.807, 2.05) is 5.32 Å². The highest BCUT2D eigenvalue weighted by atomic mass is 19.1. The molecule has 1 unspecified atom stereocenters. The number of carbonyl (C=O) groups excluding carboxylic acids is 3. The molecular weight excluding hydrogens is 270 g/mol. The van der Waals surface area contributed by atoms with Crippen LogP contribution in [0.4, 0.5) is 19.3 Å². The molecule has 0 spiro atoms. The minimum absolute atomic E-state index is 0.247. The Hall–Kier alpha value is -2.31. The first-order chi connectivity index (χ1) is 9.31. The van der Waals surface area contributed by atoms with Crippen LogP contribution in [0.2, 0.25) is 0 Å². The fourth-order valence-corrected chi connectivity index (χ4v) is 2.09. The topological polar surface area (TPSA) is 66.5 Å². The number of hydrogen-bond donors (Lipinski definition) is 1. The third kappa shape index (κ3) is 2.38. The number of halogens is 2. The van der Waals surface area contributed by atoms with Crippen LogP contribution >= 0.6 is 0 Å². The predicted molar refractivity (Wildman–Crippen MR) is 65.7 cm³/mol. The molecule has 1 N–H and O–H groups in total. The van der Waals surface area contributed by atoms with Crippen molar-refractivity contribution in [3.63, 3.8) is 0 Å². The SMILES string of the molecule is CC(C)C1C(=O)NC(=O)N(c2cc(F)cc(F)c2)C1=O. The quantitative estimate of drug-likeness (QED) is 0.841. The van der Waals surface area contributed by atoms with Crippen molar-refractivity contribution < 1.29 is 23.2 Å². The zero-order valence-corrected chi connectivity index (χ0v) is 10.8. The number of imide groups is 2. The van der Waals surface area contributed by atoms with Crippen LogP contribution in [0.3, 0.4) is 0 Å². The second-order valence-corrected chi connectivity index (χ2v) is 4.82. The molecule has 1 aromatic rings. The summed E-state index contributed by atoms with van der Waals surface area (Å²) in [7, 11) is 0. The Morgan fingerprint density at radius 3 is 2.15 bits per heavy atom. The molecule has 1 aliphatic rings. The van der Waals surface area contributed by atoms with E-state index in [1.54, 1.807) is 13.8 Å². The molecule has 1 atom stereocenters. The Kier molecular flexibility index (Phi) is 3.52. The Labute approximate surface area is 113 Å². The monoisotopic (exact) mass is 282 g/mol. The van der Waals surface area contributed by atoms with Gasteiger partial charge in [0.05, 0.1) is 5.69 Å². The summed E-state index contributed by atoms with van der Waals surface area (Å²) in [5, 5.41) is 2.01. The van der Waals surface area contributed by atoms with Gasteiger partial charge in [-0.15, -0.1) is 0 Å². The zero-order valence-electron chi connectivity index (χ0n) is 10.8. The first-order valence-corrected chi connectivity index (χ1v) is 5.96. The van der Waals surface area contributed by atoms with Gasteiger partial charge in [-0.3, -0.25) is 14.9 Å². The number of nitrogens with one attached hydrogen (secondary N) is 1. The summed E-state index contributed by atoms with van der Waals surface area (Å²) in [6.45, 7) is 3.28. The highest BCUT2D eigenvalue weighted by Crippen LogP contribution is 2.25. The lowest BCUT2D eigenvalue weighted by Crippen LogP contribution is -2.59. The van der Waals surface area contributed by atoms with Crippen molar-refractivity contribution in [2.75, 3.05) is 4.90 Å². The molecule has 0 aliphatic carbocycles. The van der Waals surface area contributed by atoms with Crippen molar-refractivity contribution in [1.82, 2.24) is 5.32 Å². The van der Waals surface area contributed by atoms with E-state index in [1.165, 1.54) is 0 Å². The predicted octanol–water partition coefficient (Wildman–Crippen LogP) is 1.82. The van der Waals surface area contributed by atoms with Crippen molar-refractivity contribution in [3.05, 3.63) is 29.8 Å². The van der Waals surface area contributed by atoms with Crippen molar-refractivity contribution in [1.29, 1.82) is 0 Å². The highest BCUT2D eigenvalue weighted by molar-refractivity contribution is 6.27. The minimum atomic E-state index is -1.07. The van der Waals surface area contributed by atoms with E-state index >= 15 is 0 Å². The third-order valence-electron chi connectivity index (χ3n) is 2.97. The summed E-state index contributed by atoms with van der Waals surface area (Å²) in [6.07, 6.45) is 0. The summed E-state index contributed by atoms with van der Waals surface area (Å²) in [5.74, 6) is -4.75. The molecule has 5 nitrogen and oxygen atoms in total. The summed E-state index contributed by atoms with van der Waals surface area (Å²) in [4.78, 5) is 36.2. The summed E-state index contributed by atoms with van der Waals surface area (Å²) in [5.41, 5.74) is -0.247. The van der Waals surface area contributed by atoms with Crippen LogP contribution in [0.5, 0.6) is 0 Å². The number of barbiturate groups is 1. The Balaban J connectivity index is 2.46. The van der Waals surface area contributed by atoms with Gasteiger partial charge in [0.15, 0.2) is 0 Å². The normalized spacial score (nSPS) is 19.6. The van der Waals surface area contributed by atoms with Crippen molar-refractivity contribution >= 4 is 23.5 Å².